The highest BCUT2D eigenvalue weighted by atomic mass is 79.9. The van der Waals surface area contributed by atoms with Crippen LogP contribution in [0, 0.1) is 0 Å². The summed E-state index contributed by atoms with van der Waals surface area (Å²) < 4.78 is 29.5. The van der Waals surface area contributed by atoms with Gasteiger partial charge in [-0.05, 0) is 33.8 Å². The molecule has 1 aromatic rings. The van der Waals surface area contributed by atoms with E-state index in [0.29, 0.717) is 21.1 Å². The largest absolute Gasteiger partial charge is 0.480 e. The lowest BCUT2D eigenvalue weighted by atomic mass is 10.5. The van der Waals surface area contributed by atoms with Gasteiger partial charge in [-0.2, -0.15) is 8.78 Å². The van der Waals surface area contributed by atoms with E-state index >= 15 is 0 Å². The van der Waals surface area contributed by atoms with E-state index in [2.05, 4.69) is 20.9 Å². The maximum atomic E-state index is 12.0. The molecule has 1 aromatic heterocycles. The van der Waals surface area contributed by atoms with Crippen molar-refractivity contribution in [3.63, 3.8) is 0 Å². The number of ether oxygens (including phenoxy) is 1. The smallest absolute Gasteiger partial charge is 0.289 e. The summed E-state index contributed by atoms with van der Waals surface area (Å²) in [7, 11) is 1.39. The maximum Gasteiger partial charge on any atom is 0.289 e. The van der Waals surface area contributed by atoms with E-state index in [-0.39, 0.29) is 5.88 Å². The van der Waals surface area contributed by atoms with Gasteiger partial charge in [0.25, 0.3) is 5.76 Å². The number of pyridine rings is 1. The summed E-state index contributed by atoms with van der Waals surface area (Å²) in [6, 6.07) is 1.54. The third-order valence-electron chi connectivity index (χ3n) is 1.19. The van der Waals surface area contributed by atoms with Crippen LogP contribution in [-0.2, 0) is 0 Å². The number of halogens is 3. The zero-order valence-corrected chi connectivity index (χ0v) is 9.03. The van der Waals surface area contributed by atoms with Crippen molar-refractivity contribution in [1.29, 1.82) is 0 Å². The van der Waals surface area contributed by atoms with E-state index in [1.165, 1.54) is 13.3 Å². The molecule has 0 amide bonds. The van der Waals surface area contributed by atoms with Crippen molar-refractivity contribution in [1.82, 2.24) is 4.98 Å². The van der Waals surface area contributed by atoms with Crippen molar-refractivity contribution in [3.8, 4) is 5.88 Å². The molecule has 0 unspecified atom stereocenters. The summed E-state index contributed by atoms with van der Waals surface area (Å²) in [5.41, 5.74) is 0. The molecule has 0 radical (unpaired) electrons. The highest BCUT2D eigenvalue weighted by Crippen LogP contribution is 2.33. The fourth-order valence-electron chi connectivity index (χ4n) is 0.742. The summed E-state index contributed by atoms with van der Waals surface area (Å²) in [4.78, 5) is 4.15. The van der Waals surface area contributed by atoms with Crippen molar-refractivity contribution in [2.75, 3.05) is 7.11 Å². The first-order valence-corrected chi connectivity index (χ1v) is 4.95. The number of hydrogen-bond acceptors (Lipinski definition) is 3. The molecule has 2 nitrogen and oxygen atoms in total. The van der Waals surface area contributed by atoms with E-state index in [1.54, 1.807) is 6.07 Å². The van der Waals surface area contributed by atoms with Crippen molar-refractivity contribution < 1.29 is 13.5 Å². The van der Waals surface area contributed by atoms with Crippen molar-refractivity contribution in [2.24, 2.45) is 0 Å². The Morgan fingerprint density at radius 2 is 2.31 bits per heavy atom. The average Bonchev–Trinajstić information content (AvgIpc) is 2.03. The van der Waals surface area contributed by atoms with Crippen LogP contribution in [0.15, 0.2) is 21.6 Å². The van der Waals surface area contributed by atoms with Crippen LogP contribution in [0.4, 0.5) is 8.78 Å². The zero-order valence-electron chi connectivity index (χ0n) is 6.63. The Kier molecular flexibility index (Phi) is 3.92. The summed E-state index contributed by atoms with van der Waals surface area (Å²) in [5, 5.41) is 0. The fourth-order valence-corrected chi connectivity index (χ4v) is 1.85. The van der Waals surface area contributed by atoms with E-state index in [0.717, 1.165) is 0 Å². The van der Waals surface area contributed by atoms with Crippen LogP contribution < -0.4 is 4.74 Å². The number of methoxy groups -OCH3 is 1. The number of aromatic nitrogens is 1. The van der Waals surface area contributed by atoms with Gasteiger partial charge in [-0.3, -0.25) is 0 Å². The molecule has 6 heteroatoms. The average molecular weight is 270 g/mol. The number of alkyl halides is 2. The third-order valence-corrected chi connectivity index (χ3v) is 2.35. The van der Waals surface area contributed by atoms with Crippen LogP contribution >= 0.6 is 27.7 Å². The molecule has 0 aliphatic carbocycles. The Labute approximate surface area is 86.8 Å². The van der Waals surface area contributed by atoms with E-state index in [4.69, 9.17) is 4.74 Å². The summed E-state index contributed by atoms with van der Waals surface area (Å²) >= 11 is 3.55. The first-order chi connectivity index (χ1) is 6.13. The van der Waals surface area contributed by atoms with Crippen LogP contribution in [0.2, 0.25) is 0 Å². The molecule has 13 heavy (non-hydrogen) atoms. The molecule has 0 spiro atoms. The highest BCUT2D eigenvalue weighted by Gasteiger charge is 2.11. The van der Waals surface area contributed by atoms with Gasteiger partial charge in [0.1, 0.15) is 0 Å². The number of rotatable bonds is 3. The Balaban J connectivity index is 2.94. The Bertz CT molecular complexity index is 298. The minimum Gasteiger partial charge on any atom is -0.480 e. The minimum absolute atomic E-state index is 0.216. The Hall–Kier alpha value is -0.360. The van der Waals surface area contributed by atoms with Crippen molar-refractivity contribution in [2.45, 2.75) is 10.7 Å². The van der Waals surface area contributed by atoms with Gasteiger partial charge in [0.2, 0.25) is 5.88 Å². The predicted octanol–water partition coefficient (Wildman–Crippen LogP) is 3.17. The standard InChI is InChI=1S/C7H6BrF2NOS/c1-12-6-5(13-7(9)10)2-4(8)3-11-6/h2-3,7H,1H3. The third kappa shape index (κ3) is 3.11. The van der Waals surface area contributed by atoms with Gasteiger partial charge in [0, 0.05) is 10.7 Å². The summed E-state index contributed by atoms with van der Waals surface area (Å²) in [6.07, 6.45) is 1.49. The number of thioether (sulfide) groups is 1. The second-order valence-corrected chi connectivity index (χ2v) is 3.99. The zero-order chi connectivity index (χ0) is 9.84. The summed E-state index contributed by atoms with van der Waals surface area (Å²) in [6.45, 7) is 0. The lowest BCUT2D eigenvalue weighted by Gasteiger charge is -2.05. The fraction of sp³-hybridized carbons (Fsp3) is 0.286. The van der Waals surface area contributed by atoms with Gasteiger partial charge in [-0.1, -0.05) is 0 Å². The molecule has 1 rings (SSSR count). The topological polar surface area (TPSA) is 22.1 Å². The van der Waals surface area contributed by atoms with Gasteiger partial charge >= 0.3 is 0 Å². The van der Waals surface area contributed by atoms with Crippen LogP contribution in [0.3, 0.4) is 0 Å². The van der Waals surface area contributed by atoms with Gasteiger partial charge in [-0.15, -0.1) is 0 Å². The number of nitrogens with zero attached hydrogens (tertiary/aromatic N) is 1. The molecular formula is C7H6BrF2NOS. The lowest BCUT2D eigenvalue weighted by Crippen LogP contribution is -1.92. The maximum absolute atomic E-state index is 12.0. The second-order valence-electron chi connectivity index (χ2n) is 2.04. The second kappa shape index (κ2) is 4.76. The van der Waals surface area contributed by atoms with Gasteiger partial charge < -0.3 is 4.74 Å². The number of hydrogen-bond donors (Lipinski definition) is 0. The molecule has 0 fully saturated rings. The van der Waals surface area contributed by atoms with Crippen LogP contribution in [0.5, 0.6) is 5.88 Å². The molecule has 72 valence electrons. The molecule has 0 aromatic carbocycles. The molecule has 0 saturated carbocycles. The first kappa shape index (κ1) is 10.7. The monoisotopic (exact) mass is 269 g/mol. The van der Waals surface area contributed by atoms with Crippen molar-refractivity contribution in [3.05, 3.63) is 16.7 Å². The summed E-state index contributed by atoms with van der Waals surface area (Å²) in [5.74, 6) is -2.25. The lowest BCUT2D eigenvalue weighted by molar-refractivity contribution is 0.251. The molecule has 0 bridgehead atoms. The molecule has 0 aliphatic heterocycles. The SMILES string of the molecule is COc1ncc(Br)cc1SC(F)F. The van der Waals surface area contributed by atoms with E-state index in [1.807, 2.05) is 0 Å². The van der Waals surface area contributed by atoms with Crippen LogP contribution in [0.1, 0.15) is 0 Å². The first-order valence-electron chi connectivity index (χ1n) is 3.28. The quantitative estimate of drug-likeness (QED) is 0.787. The van der Waals surface area contributed by atoms with Gasteiger partial charge in [0.05, 0.1) is 12.0 Å². The molecule has 0 atom stereocenters. The van der Waals surface area contributed by atoms with Gasteiger partial charge in [0.15, 0.2) is 0 Å². The molecule has 1 heterocycles. The minimum atomic E-state index is -2.47. The molecular weight excluding hydrogens is 264 g/mol. The predicted molar refractivity (Wildman–Crippen MR) is 50.4 cm³/mol. The van der Waals surface area contributed by atoms with E-state index < -0.39 is 5.76 Å². The molecule has 0 aliphatic rings. The molecule has 0 N–H and O–H groups in total. The Morgan fingerprint density at radius 3 is 2.85 bits per heavy atom. The van der Waals surface area contributed by atoms with E-state index in [9.17, 15) is 8.78 Å². The van der Waals surface area contributed by atoms with Crippen LogP contribution in [0.25, 0.3) is 0 Å². The van der Waals surface area contributed by atoms with Crippen molar-refractivity contribution >= 4 is 27.7 Å². The highest BCUT2D eigenvalue weighted by molar-refractivity contribution is 9.10. The van der Waals surface area contributed by atoms with Crippen LogP contribution in [-0.4, -0.2) is 17.9 Å². The van der Waals surface area contributed by atoms with Gasteiger partial charge in [-0.25, -0.2) is 4.98 Å². The normalized spacial score (nSPS) is 10.5. The Morgan fingerprint density at radius 1 is 1.62 bits per heavy atom. The molecule has 0 saturated heterocycles.